The minimum Gasteiger partial charge on any atom is -0.394 e. The van der Waals surface area contributed by atoms with Crippen molar-refractivity contribution in [3.8, 4) is 0 Å². The Morgan fingerprint density at radius 1 is 1.27 bits per heavy atom. The Hall–Kier alpha value is -0.900. The van der Waals surface area contributed by atoms with Crippen LogP contribution in [0, 0.1) is 6.92 Å². The summed E-state index contributed by atoms with van der Waals surface area (Å²) in [6.45, 7) is 3.88. The van der Waals surface area contributed by atoms with E-state index in [0.29, 0.717) is 0 Å². The second-order valence-electron chi connectivity index (χ2n) is 3.84. The number of rotatable bonds is 2. The first kappa shape index (κ1) is 10.6. The number of ether oxygens (including phenoxy) is 2. The van der Waals surface area contributed by atoms with Crippen LogP contribution in [0.5, 0.6) is 0 Å². The number of hydrogen-bond donors (Lipinski definition) is 1. The summed E-state index contributed by atoms with van der Waals surface area (Å²) in [6, 6.07) is 8.02. The van der Waals surface area contributed by atoms with Gasteiger partial charge in [-0.3, -0.25) is 0 Å². The van der Waals surface area contributed by atoms with E-state index >= 15 is 0 Å². The van der Waals surface area contributed by atoms with Gasteiger partial charge in [-0.2, -0.15) is 0 Å². The highest BCUT2D eigenvalue weighted by atomic mass is 16.7. The van der Waals surface area contributed by atoms with Gasteiger partial charge in [0, 0.05) is 0 Å². The first-order chi connectivity index (χ1) is 7.22. The molecule has 15 heavy (non-hydrogen) atoms. The van der Waals surface area contributed by atoms with Gasteiger partial charge in [0.2, 0.25) is 0 Å². The summed E-state index contributed by atoms with van der Waals surface area (Å²) in [5.41, 5.74) is 2.26. The number of benzene rings is 1. The summed E-state index contributed by atoms with van der Waals surface area (Å²) in [6.07, 6.45) is -0.640. The normalized spacial score (nSPS) is 30.7. The molecule has 1 aliphatic rings. The van der Waals surface area contributed by atoms with Gasteiger partial charge in [-0.25, -0.2) is 0 Å². The average molecular weight is 208 g/mol. The smallest absolute Gasteiger partial charge is 0.156 e. The monoisotopic (exact) mass is 208 g/mol. The van der Waals surface area contributed by atoms with Crippen LogP contribution in [-0.4, -0.2) is 24.1 Å². The third-order valence-electron chi connectivity index (χ3n) is 2.72. The van der Waals surface area contributed by atoms with Gasteiger partial charge in [-0.1, -0.05) is 24.3 Å². The number of hydrogen-bond acceptors (Lipinski definition) is 3. The molecule has 0 aromatic heterocycles. The molecule has 82 valence electrons. The van der Waals surface area contributed by atoms with E-state index in [-0.39, 0.29) is 25.1 Å². The predicted molar refractivity (Wildman–Crippen MR) is 56.4 cm³/mol. The van der Waals surface area contributed by atoms with Gasteiger partial charge >= 0.3 is 0 Å². The van der Waals surface area contributed by atoms with Crippen molar-refractivity contribution in [1.29, 1.82) is 0 Å². The summed E-state index contributed by atoms with van der Waals surface area (Å²) in [5.74, 6) is 0. The average Bonchev–Trinajstić information content (AvgIpc) is 2.60. The maximum absolute atomic E-state index is 9.20. The molecule has 1 aliphatic heterocycles. The second-order valence-corrected chi connectivity index (χ2v) is 3.84. The van der Waals surface area contributed by atoms with Crippen LogP contribution in [0.15, 0.2) is 24.3 Å². The van der Waals surface area contributed by atoms with E-state index in [0.717, 1.165) is 5.56 Å². The van der Waals surface area contributed by atoms with E-state index in [9.17, 15) is 5.11 Å². The fourth-order valence-corrected chi connectivity index (χ4v) is 1.96. The van der Waals surface area contributed by atoms with Crippen molar-refractivity contribution in [3.63, 3.8) is 0 Å². The second kappa shape index (κ2) is 4.31. The third kappa shape index (κ3) is 2.04. The lowest BCUT2D eigenvalue weighted by Crippen LogP contribution is -2.20. The van der Waals surface area contributed by atoms with Gasteiger partial charge in [0.15, 0.2) is 6.29 Å². The van der Waals surface area contributed by atoms with Crippen molar-refractivity contribution >= 4 is 0 Å². The lowest BCUT2D eigenvalue weighted by molar-refractivity contribution is -0.0564. The molecule has 0 aliphatic carbocycles. The van der Waals surface area contributed by atoms with E-state index < -0.39 is 0 Å². The summed E-state index contributed by atoms with van der Waals surface area (Å²) < 4.78 is 11.1. The fraction of sp³-hybridized carbons (Fsp3) is 0.500. The fourth-order valence-electron chi connectivity index (χ4n) is 1.96. The molecule has 0 spiro atoms. The van der Waals surface area contributed by atoms with Crippen LogP contribution in [0.1, 0.15) is 24.2 Å². The Labute approximate surface area is 89.6 Å². The zero-order chi connectivity index (χ0) is 10.8. The SMILES string of the molecule is Cc1ccccc1[C@H]1O[C@@H](C)O[C@@H]1CO. The molecule has 3 nitrogen and oxygen atoms in total. The van der Waals surface area contributed by atoms with Crippen molar-refractivity contribution in [3.05, 3.63) is 35.4 Å². The molecule has 0 saturated carbocycles. The molecule has 1 aromatic rings. The van der Waals surface area contributed by atoms with Crippen LogP contribution < -0.4 is 0 Å². The quantitative estimate of drug-likeness (QED) is 0.805. The van der Waals surface area contributed by atoms with E-state index in [2.05, 4.69) is 0 Å². The van der Waals surface area contributed by atoms with Crippen molar-refractivity contribution in [2.24, 2.45) is 0 Å². The molecule has 1 fully saturated rings. The Balaban J connectivity index is 2.26. The molecule has 0 amide bonds. The Morgan fingerprint density at radius 2 is 2.00 bits per heavy atom. The van der Waals surface area contributed by atoms with E-state index in [4.69, 9.17) is 9.47 Å². The molecule has 0 unspecified atom stereocenters. The van der Waals surface area contributed by atoms with Crippen LogP contribution in [0.4, 0.5) is 0 Å². The van der Waals surface area contributed by atoms with Crippen molar-refractivity contribution < 1.29 is 14.6 Å². The lowest BCUT2D eigenvalue weighted by Gasteiger charge is -2.16. The van der Waals surface area contributed by atoms with Crippen molar-refractivity contribution in [2.75, 3.05) is 6.61 Å². The van der Waals surface area contributed by atoms with E-state index in [1.165, 1.54) is 5.56 Å². The van der Waals surface area contributed by atoms with Crippen LogP contribution in [0.2, 0.25) is 0 Å². The largest absolute Gasteiger partial charge is 0.394 e. The Kier molecular flexibility index (Phi) is 3.05. The van der Waals surface area contributed by atoms with E-state index in [1.54, 1.807) is 0 Å². The minimum atomic E-state index is -0.249. The molecular weight excluding hydrogens is 192 g/mol. The van der Waals surface area contributed by atoms with Crippen molar-refractivity contribution in [1.82, 2.24) is 0 Å². The highest BCUT2D eigenvalue weighted by Gasteiger charge is 2.34. The zero-order valence-corrected chi connectivity index (χ0v) is 9.01. The van der Waals surface area contributed by atoms with Crippen LogP contribution >= 0.6 is 0 Å². The van der Waals surface area contributed by atoms with Crippen LogP contribution in [-0.2, 0) is 9.47 Å². The summed E-state index contributed by atoms with van der Waals surface area (Å²) >= 11 is 0. The molecule has 0 radical (unpaired) electrons. The van der Waals surface area contributed by atoms with Gasteiger partial charge in [0.1, 0.15) is 12.2 Å². The summed E-state index contributed by atoms with van der Waals surface area (Å²) in [4.78, 5) is 0. The molecule has 2 rings (SSSR count). The first-order valence-corrected chi connectivity index (χ1v) is 5.19. The minimum absolute atomic E-state index is 0.0106. The molecule has 1 heterocycles. The molecule has 3 atom stereocenters. The summed E-state index contributed by atoms with van der Waals surface area (Å²) in [5, 5.41) is 9.20. The van der Waals surface area contributed by atoms with Gasteiger partial charge in [-0.05, 0) is 25.0 Å². The molecule has 0 bridgehead atoms. The van der Waals surface area contributed by atoms with Gasteiger partial charge in [-0.15, -0.1) is 0 Å². The summed E-state index contributed by atoms with van der Waals surface area (Å²) in [7, 11) is 0. The Bertz CT molecular complexity index is 337. The van der Waals surface area contributed by atoms with Crippen molar-refractivity contribution in [2.45, 2.75) is 32.3 Å². The van der Waals surface area contributed by atoms with Crippen LogP contribution in [0.25, 0.3) is 0 Å². The lowest BCUT2D eigenvalue weighted by atomic mass is 10.00. The molecule has 1 aromatic carbocycles. The third-order valence-corrected chi connectivity index (χ3v) is 2.72. The first-order valence-electron chi connectivity index (χ1n) is 5.19. The molecule has 1 N–H and O–H groups in total. The van der Waals surface area contributed by atoms with Gasteiger partial charge < -0.3 is 14.6 Å². The molecular formula is C12H16O3. The van der Waals surface area contributed by atoms with Gasteiger partial charge in [0.05, 0.1) is 6.61 Å². The number of aliphatic hydroxyl groups excluding tert-OH is 1. The number of aliphatic hydroxyl groups is 1. The zero-order valence-electron chi connectivity index (χ0n) is 9.01. The predicted octanol–water partition coefficient (Wildman–Crippen LogP) is 1.79. The maximum Gasteiger partial charge on any atom is 0.156 e. The topological polar surface area (TPSA) is 38.7 Å². The highest BCUT2D eigenvalue weighted by Crippen LogP contribution is 2.33. The molecule has 1 saturated heterocycles. The number of aryl methyl sites for hydroxylation is 1. The highest BCUT2D eigenvalue weighted by molar-refractivity contribution is 5.29. The standard InChI is InChI=1S/C12H16O3/c1-8-5-3-4-6-10(8)12-11(7-13)14-9(2)15-12/h3-6,9,11-13H,7H2,1-2H3/t9-,11+,12+/m0/s1. The van der Waals surface area contributed by atoms with E-state index in [1.807, 2.05) is 38.1 Å². The van der Waals surface area contributed by atoms with Crippen LogP contribution in [0.3, 0.4) is 0 Å². The Morgan fingerprint density at radius 3 is 2.67 bits per heavy atom. The molecule has 3 heteroatoms. The van der Waals surface area contributed by atoms with Gasteiger partial charge in [0.25, 0.3) is 0 Å². The maximum atomic E-state index is 9.20.